The lowest BCUT2D eigenvalue weighted by Gasteiger charge is -2.30. The summed E-state index contributed by atoms with van der Waals surface area (Å²) in [6.45, 7) is 2.04. The molecule has 2 heterocycles. The highest BCUT2D eigenvalue weighted by molar-refractivity contribution is 6.37. The van der Waals surface area contributed by atoms with Gasteiger partial charge in [-0.3, -0.25) is 9.59 Å². The van der Waals surface area contributed by atoms with E-state index >= 15 is 0 Å². The quantitative estimate of drug-likeness (QED) is 0.536. The molecule has 4 heteroatoms. The minimum Gasteiger partial charge on any atom is -0.381 e. The molecule has 2 saturated heterocycles. The molecule has 0 unspecified atom stereocenters. The summed E-state index contributed by atoms with van der Waals surface area (Å²) in [7, 11) is 0. The van der Waals surface area contributed by atoms with Gasteiger partial charge in [-0.25, -0.2) is 0 Å². The molecule has 1 amide bonds. The molecule has 0 atom stereocenters. The van der Waals surface area contributed by atoms with Gasteiger partial charge in [0.15, 0.2) is 0 Å². The van der Waals surface area contributed by atoms with Crippen molar-refractivity contribution in [3.05, 3.63) is 0 Å². The number of ketones is 1. The van der Waals surface area contributed by atoms with Gasteiger partial charge in [-0.15, -0.1) is 0 Å². The molecular weight excluding hydrogens is 170 g/mol. The highest BCUT2D eigenvalue weighted by Crippen LogP contribution is 2.18. The van der Waals surface area contributed by atoms with Crippen LogP contribution < -0.4 is 0 Å². The number of carbonyl (C=O) groups excluding carboxylic acids is 2. The van der Waals surface area contributed by atoms with E-state index in [0.717, 1.165) is 12.8 Å². The number of nitrogens with zero attached hydrogens (tertiary/aromatic N) is 1. The molecule has 0 aliphatic carbocycles. The standard InChI is InChI=1S/C9H13NO3/c11-8-1-4-10(9(8)12)7-2-5-13-6-3-7/h7H,1-6H2. The van der Waals surface area contributed by atoms with Gasteiger partial charge >= 0.3 is 0 Å². The molecule has 72 valence electrons. The highest BCUT2D eigenvalue weighted by Gasteiger charge is 2.34. The first kappa shape index (κ1) is 8.69. The van der Waals surface area contributed by atoms with E-state index in [-0.39, 0.29) is 17.7 Å². The van der Waals surface area contributed by atoms with Crippen LogP contribution in [0.3, 0.4) is 0 Å². The lowest BCUT2D eigenvalue weighted by atomic mass is 10.1. The number of hydrogen-bond acceptors (Lipinski definition) is 3. The molecule has 0 bridgehead atoms. The minimum absolute atomic E-state index is 0.230. The third kappa shape index (κ3) is 1.58. The largest absolute Gasteiger partial charge is 0.381 e. The second kappa shape index (κ2) is 3.46. The van der Waals surface area contributed by atoms with Crippen LogP contribution in [-0.2, 0) is 14.3 Å². The van der Waals surface area contributed by atoms with Gasteiger partial charge in [0.1, 0.15) is 0 Å². The van der Waals surface area contributed by atoms with Gasteiger partial charge in [0.05, 0.1) is 0 Å². The van der Waals surface area contributed by atoms with Crippen LogP contribution in [0, 0.1) is 0 Å². The van der Waals surface area contributed by atoms with Gasteiger partial charge in [0.25, 0.3) is 5.91 Å². The summed E-state index contributed by atoms with van der Waals surface area (Å²) in [4.78, 5) is 24.1. The van der Waals surface area contributed by atoms with E-state index in [0.29, 0.717) is 26.2 Å². The predicted molar refractivity (Wildman–Crippen MR) is 45.2 cm³/mol. The van der Waals surface area contributed by atoms with Crippen LogP contribution in [0.1, 0.15) is 19.3 Å². The van der Waals surface area contributed by atoms with Crippen LogP contribution in [-0.4, -0.2) is 42.4 Å². The van der Waals surface area contributed by atoms with E-state index in [1.807, 2.05) is 0 Å². The van der Waals surface area contributed by atoms with E-state index in [2.05, 4.69) is 0 Å². The fourth-order valence-electron chi connectivity index (χ4n) is 1.94. The molecule has 2 rings (SSSR count). The molecule has 0 aromatic carbocycles. The lowest BCUT2D eigenvalue weighted by Crippen LogP contribution is -2.41. The Balaban J connectivity index is 2.00. The number of ether oxygens (including phenoxy) is 1. The molecule has 2 aliphatic rings. The molecule has 2 fully saturated rings. The Labute approximate surface area is 76.8 Å². The average Bonchev–Trinajstić information content (AvgIpc) is 2.49. The fourth-order valence-corrected chi connectivity index (χ4v) is 1.94. The summed E-state index contributed by atoms with van der Waals surface area (Å²) >= 11 is 0. The molecular formula is C9H13NO3. The molecule has 13 heavy (non-hydrogen) atoms. The second-order valence-corrected chi connectivity index (χ2v) is 3.52. The van der Waals surface area contributed by atoms with Gasteiger partial charge in [0.2, 0.25) is 5.78 Å². The Hall–Kier alpha value is -0.900. The van der Waals surface area contributed by atoms with Crippen molar-refractivity contribution in [1.29, 1.82) is 0 Å². The Morgan fingerprint density at radius 1 is 1.23 bits per heavy atom. The monoisotopic (exact) mass is 183 g/mol. The van der Waals surface area contributed by atoms with Crippen molar-refractivity contribution >= 4 is 11.7 Å². The van der Waals surface area contributed by atoms with Gasteiger partial charge in [0, 0.05) is 32.2 Å². The van der Waals surface area contributed by atoms with E-state index in [9.17, 15) is 9.59 Å². The Bertz CT molecular complexity index is 233. The summed E-state index contributed by atoms with van der Waals surface area (Å²) in [5, 5.41) is 0. The van der Waals surface area contributed by atoms with Gasteiger partial charge < -0.3 is 9.64 Å². The Morgan fingerprint density at radius 3 is 2.46 bits per heavy atom. The van der Waals surface area contributed by atoms with Crippen molar-refractivity contribution in [2.24, 2.45) is 0 Å². The van der Waals surface area contributed by atoms with Crippen molar-refractivity contribution in [3.63, 3.8) is 0 Å². The smallest absolute Gasteiger partial charge is 0.290 e. The Morgan fingerprint density at radius 2 is 1.92 bits per heavy atom. The maximum Gasteiger partial charge on any atom is 0.290 e. The molecule has 0 N–H and O–H groups in total. The third-order valence-electron chi connectivity index (χ3n) is 2.71. The van der Waals surface area contributed by atoms with E-state index in [1.165, 1.54) is 0 Å². The summed E-state index contributed by atoms with van der Waals surface area (Å²) < 4.78 is 5.20. The normalized spacial score (nSPS) is 25.7. The number of rotatable bonds is 1. The van der Waals surface area contributed by atoms with Crippen LogP contribution in [0.25, 0.3) is 0 Å². The summed E-state index contributed by atoms with van der Waals surface area (Å²) in [6, 6.07) is 0.243. The molecule has 0 aromatic rings. The minimum atomic E-state index is -0.285. The summed E-state index contributed by atoms with van der Waals surface area (Å²) in [5.74, 6) is -0.515. The van der Waals surface area contributed by atoms with Crippen molar-refractivity contribution < 1.29 is 14.3 Å². The van der Waals surface area contributed by atoms with E-state index < -0.39 is 0 Å². The number of amides is 1. The van der Waals surface area contributed by atoms with Crippen LogP contribution in [0.4, 0.5) is 0 Å². The summed E-state index contributed by atoms with van der Waals surface area (Å²) in [6.07, 6.45) is 2.15. The van der Waals surface area contributed by atoms with Crippen LogP contribution >= 0.6 is 0 Å². The van der Waals surface area contributed by atoms with Gasteiger partial charge in [-0.1, -0.05) is 0 Å². The predicted octanol–water partition coefficient (Wildman–Crippen LogP) is -0.0332. The molecule has 2 aliphatic heterocycles. The number of hydrogen-bond donors (Lipinski definition) is 0. The van der Waals surface area contributed by atoms with Crippen LogP contribution in [0.2, 0.25) is 0 Å². The van der Waals surface area contributed by atoms with Crippen LogP contribution in [0.5, 0.6) is 0 Å². The first-order chi connectivity index (χ1) is 6.29. The first-order valence-corrected chi connectivity index (χ1v) is 4.70. The first-order valence-electron chi connectivity index (χ1n) is 4.70. The van der Waals surface area contributed by atoms with Crippen LogP contribution in [0.15, 0.2) is 0 Å². The lowest BCUT2D eigenvalue weighted by molar-refractivity contribution is -0.142. The maximum absolute atomic E-state index is 11.3. The fraction of sp³-hybridized carbons (Fsp3) is 0.778. The zero-order valence-electron chi connectivity index (χ0n) is 7.49. The highest BCUT2D eigenvalue weighted by atomic mass is 16.5. The number of likely N-dealkylation sites (tertiary alicyclic amines) is 1. The zero-order chi connectivity index (χ0) is 9.26. The summed E-state index contributed by atoms with van der Waals surface area (Å²) in [5.41, 5.74) is 0. The maximum atomic E-state index is 11.3. The molecule has 4 nitrogen and oxygen atoms in total. The SMILES string of the molecule is O=C1CCN(C2CCOCC2)C1=O. The average molecular weight is 183 g/mol. The van der Waals surface area contributed by atoms with E-state index in [4.69, 9.17) is 4.74 Å². The molecule has 0 aromatic heterocycles. The zero-order valence-corrected chi connectivity index (χ0v) is 7.49. The molecule has 0 spiro atoms. The van der Waals surface area contributed by atoms with Crippen molar-refractivity contribution in [3.8, 4) is 0 Å². The second-order valence-electron chi connectivity index (χ2n) is 3.52. The third-order valence-corrected chi connectivity index (χ3v) is 2.71. The Kier molecular flexibility index (Phi) is 2.31. The van der Waals surface area contributed by atoms with Gasteiger partial charge in [-0.2, -0.15) is 0 Å². The van der Waals surface area contributed by atoms with Crippen molar-refractivity contribution in [2.75, 3.05) is 19.8 Å². The number of Topliss-reactive ketones (excluding diaryl/α,β-unsaturated/α-hetero) is 1. The molecule has 0 radical (unpaired) electrons. The topological polar surface area (TPSA) is 46.6 Å². The van der Waals surface area contributed by atoms with Crippen molar-refractivity contribution in [2.45, 2.75) is 25.3 Å². The van der Waals surface area contributed by atoms with Crippen molar-refractivity contribution in [1.82, 2.24) is 4.90 Å². The van der Waals surface area contributed by atoms with E-state index in [1.54, 1.807) is 4.90 Å². The van der Waals surface area contributed by atoms with Gasteiger partial charge in [-0.05, 0) is 12.8 Å². The molecule has 0 saturated carbocycles. The number of carbonyl (C=O) groups is 2.